The van der Waals surface area contributed by atoms with E-state index in [0.29, 0.717) is 22.7 Å². The molecular weight excluding hydrogens is 556 g/mol. The van der Waals surface area contributed by atoms with Gasteiger partial charge in [0.1, 0.15) is 35.7 Å². The average molecular weight is 593 g/mol. The van der Waals surface area contributed by atoms with Crippen LogP contribution in [0.5, 0.6) is 11.5 Å². The quantitative estimate of drug-likeness (QED) is 0.337. The number of carbonyl (C=O) groups excluding carboxylic acids is 4. The number of Topliss-reactive ketones (excluding diaryl/α,β-unsaturated/α-hetero) is 1. The molecule has 1 saturated heterocycles. The predicted octanol–water partition coefficient (Wildman–Crippen LogP) is 2.06. The van der Waals surface area contributed by atoms with Gasteiger partial charge in [-0.15, -0.1) is 0 Å². The van der Waals surface area contributed by atoms with E-state index in [1.807, 2.05) is 6.07 Å². The summed E-state index contributed by atoms with van der Waals surface area (Å²) in [6.07, 6.45) is -1.03. The number of aliphatic imine (C=N–C) groups is 1. The number of amides is 3. The van der Waals surface area contributed by atoms with Gasteiger partial charge in [0, 0.05) is 25.3 Å². The molecule has 0 unspecified atom stereocenters. The molecule has 0 aliphatic carbocycles. The summed E-state index contributed by atoms with van der Waals surface area (Å²) in [6, 6.07) is 10.7. The van der Waals surface area contributed by atoms with Crippen molar-refractivity contribution in [2.45, 2.75) is 64.3 Å². The minimum atomic E-state index is -1.42. The van der Waals surface area contributed by atoms with Crippen molar-refractivity contribution in [3.63, 3.8) is 0 Å². The summed E-state index contributed by atoms with van der Waals surface area (Å²) in [5, 5.41) is 14.8. The van der Waals surface area contributed by atoms with Crippen molar-refractivity contribution < 1.29 is 38.6 Å². The number of rotatable bonds is 12. The monoisotopic (exact) mass is 592 g/mol. The molecule has 0 radical (unpaired) electrons. The van der Waals surface area contributed by atoms with E-state index in [1.54, 1.807) is 56.3 Å². The van der Waals surface area contributed by atoms with Crippen molar-refractivity contribution in [1.82, 2.24) is 15.5 Å². The molecule has 3 N–H and O–H groups in total. The second-order valence-electron chi connectivity index (χ2n) is 10.9. The van der Waals surface area contributed by atoms with E-state index in [1.165, 1.54) is 18.9 Å². The third-order valence-electron chi connectivity index (χ3n) is 7.41. The highest BCUT2D eigenvalue weighted by atomic mass is 16.5. The van der Waals surface area contributed by atoms with Gasteiger partial charge >= 0.3 is 5.97 Å². The van der Waals surface area contributed by atoms with Crippen LogP contribution in [0.15, 0.2) is 53.5 Å². The van der Waals surface area contributed by atoms with Gasteiger partial charge in [0.05, 0.1) is 31.5 Å². The number of fused-ring (bicyclic) bond motifs is 1. The number of carbonyl (C=O) groups is 5. The predicted molar refractivity (Wildman–Crippen MR) is 156 cm³/mol. The Morgan fingerprint density at radius 1 is 1.05 bits per heavy atom. The van der Waals surface area contributed by atoms with Crippen LogP contribution in [-0.4, -0.2) is 83.1 Å². The lowest BCUT2D eigenvalue weighted by Gasteiger charge is -2.30. The smallest absolute Gasteiger partial charge is 0.305 e. The zero-order valence-electron chi connectivity index (χ0n) is 24.5. The number of para-hydroxylation sites is 1. The molecule has 0 saturated carbocycles. The van der Waals surface area contributed by atoms with Gasteiger partial charge in [-0.25, -0.2) is 4.99 Å². The first-order valence-electron chi connectivity index (χ1n) is 14.1. The van der Waals surface area contributed by atoms with Gasteiger partial charge in [0.15, 0.2) is 5.78 Å². The van der Waals surface area contributed by atoms with Crippen molar-refractivity contribution >= 4 is 40.9 Å². The maximum absolute atomic E-state index is 13.7. The fraction of sp³-hybridized carbons (Fsp3) is 0.419. The second-order valence-corrected chi connectivity index (χ2v) is 10.9. The summed E-state index contributed by atoms with van der Waals surface area (Å²) in [4.78, 5) is 70.3. The molecule has 4 atom stereocenters. The first-order chi connectivity index (χ1) is 20.5. The maximum Gasteiger partial charge on any atom is 0.305 e. The van der Waals surface area contributed by atoms with Crippen LogP contribution in [0.1, 0.15) is 39.2 Å². The van der Waals surface area contributed by atoms with Gasteiger partial charge in [0.25, 0.3) is 0 Å². The third kappa shape index (κ3) is 7.37. The van der Waals surface area contributed by atoms with Crippen LogP contribution in [0.2, 0.25) is 0 Å². The summed E-state index contributed by atoms with van der Waals surface area (Å²) >= 11 is 0. The largest absolute Gasteiger partial charge is 0.496 e. The standard InChI is InChI=1S/C31H36N4O8/c1-17(2)28(32-18(3)36)31(41)35-16-20(43-19-9-6-5-7-10-19)13-25(35)30(40)34-24(15-27(37)38)29(39)23-14-21-22(33-23)11-8-12-26(21)42-4/h5-12,17,20,24-25,28H,13-16H2,1-4H3,(H,32,36)(H,34,40)(H,37,38)/t20-,24+,25+,28+/m1/s1. The van der Waals surface area contributed by atoms with Gasteiger partial charge in [-0.1, -0.05) is 38.1 Å². The van der Waals surface area contributed by atoms with E-state index in [-0.39, 0.29) is 31.0 Å². The van der Waals surface area contributed by atoms with Crippen LogP contribution in [0.3, 0.4) is 0 Å². The Morgan fingerprint density at radius 2 is 1.77 bits per heavy atom. The number of hydrogen-bond acceptors (Lipinski definition) is 8. The molecule has 2 heterocycles. The number of hydrogen-bond donors (Lipinski definition) is 3. The molecule has 4 rings (SSSR count). The molecule has 3 amide bonds. The first-order valence-corrected chi connectivity index (χ1v) is 14.1. The van der Waals surface area contributed by atoms with E-state index in [2.05, 4.69) is 15.6 Å². The van der Waals surface area contributed by atoms with E-state index in [9.17, 15) is 29.1 Å². The van der Waals surface area contributed by atoms with Gasteiger partial charge < -0.3 is 30.1 Å². The number of carboxylic acids is 1. The number of ether oxygens (including phenoxy) is 2. The van der Waals surface area contributed by atoms with Crippen LogP contribution in [-0.2, 0) is 30.4 Å². The van der Waals surface area contributed by atoms with Crippen molar-refractivity contribution in [2.75, 3.05) is 13.7 Å². The van der Waals surface area contributed by atoms with Crippen molar-refractivity contribution in [3.8, 4) is 11.5 Å². The fourth-order valence-corrected chi connectivity index (χ4v) is 5.35. The lowest BCUT2D eigenvalue weighted by atomic mass is 9.99. The van der Waals surface area contributed by atoms with Crippen LogP contribution in [0.25, 0.3) is 0 Å². The topological polar surface area (TPSA) is 164 Å². The molecule has 1 fully saturated rings. The van der Waals surface area contributed by atoms with E-state index < -0.39 is 60.1 Å². The molecule has 228 valence electrons. The summed E-state index contributed by atoms with van der Waals surface area (Å²) in [6.45, 7) is 4.91. The Hall–Kier alpha value is -4.74. The Morgan fingerprint density at radius 3 is 2.40 bits per heavy atom. The molecule has 0 spiro atoms. The Bertz CT molecular complexity index is 1420. The van der Waals surface area contributed by atoms with Gasteiger partial charge in [-0.3, -0.25) is 24.0 Å². The fourth-order valence-electron chi connectivity index (χ4n) is 5.35. The second kappa shape index (κ2) is 13.5. The number of carboxylic acid groups (broad SMARTS) is 1. The molecule has 0 aromatic heterocycles. The number of likely N-dealkylation sites (tertiary alicyclic amines) is 1. The minimum Gasteiger partial charge on any atom is -0.496 e. The molecule has 2 aromatic rings. The summed E-state index contributed by atoms with van der Waals surface area (Å²) in [7, 11) is 1.50. The number of methoxy groups -OCH3 is 1. The van der Waals surface area contributed by atoms with E-state index in [0.717, 1.165) is 0 Å². The molecule has 2 aliphatic rings. The molecule has 2 aliphatic heterocycles. The highest BCUT2D eigenvalue weighted by Gasteiger charge is 2.44. The van der Waals surface area contributed by atoms with Crippen LogP contribution in [0.4, 0.5) is 5.69 Å². The summed E-state index contributed by atoms with van der Waals surface area (Å²) in [5.41, 5.74) is 1.33. The Balaban J connectivity index is 1.58. The van der Waals surface area contributed by atoms with Crippen LogP contribution < -0.4 is 20.1 Å². The van der Waals surface area contributed by atoms with Crippen LogP contribution >= 0.6 is 0 Å². The number of nitrogens with one attached hydrogen (secondary N) is 2. The Labute approximate surface area is 249 Å². The van der Waals surface area contributed by atoms with Gasteiger partial charge in [-0.05, 0) is 30.2 Å². The van der Waals surface area contributed by atoms with E-state index >= 15 is 0 Å². The number of ketones is 1. The summed E-state index contributed by atoms with van der Waals surface area (Å²) < 4.78 is 11.4. The zero-order chi connectivity index (χ0) is 31.3. The molecule has 12 nitrogen and oxygen atoms in total. The molecule has 12 heteroatoms. The molecular formula is C31H36N4O8. The number of aliphatic carboxylic acids is 1. The molecule has 43 heavy (non-hydrogen) atoms. The zero-order valence-corrected chi connectivity index (χ0v) is 24.5. The normalized spacial score (nSPS) is 18.7. The SMILES string of the molecule is COc1cccc2c1CC(C(=O)[C@H](CC(=O)O)NC(=O)[C@@H]1C[C@@H](Oc3ccccc3)CN1C(=O)[C@@H](NC(C)=O)C(C)C)=N2. The first kappa shape index (κ1) is 31.2. The van der Waals surface area contributed by atoms with Crippen molar-refractivity contribution in [3.05, 3.63) is 54.1 Å². The maximum atomic E-state index is 13.7. The van der Waals surface area contributed by atoms with Crippen LogP contribution in [0, 0.1) is 5.92 Å². The number of nitrogens with zero attached hydrogens (tertiary/aromatic N) is 2. The van der Waals surface area contributed by atoms with Gasteiger partial charge in [-0.2, -0.15) is 0 Å². The average Bonchev–Trinajstić information content (AvgIpc) is 3.59. The Kier molecular flexibility index (Phi) is 9.79. The third-order valence-corrected chi connectivity index (χ3v) is 7.41. The lowest BCUT2D eigenvalue weighted by Crippen LogP contribution is -2.57. The van der Waals surface area contributed by atoms with Gasteiger partial charge in [0.2, 0.25) is 17.7 Å². The highest BCUT2D eigenvalue weighted by Crippen LogP contribution is 2.34. The van der Waals surface area contributed by atoms with Crippen molar-refractivity contribution in [1.29, 1.82) is 0 Å². The highest BCUT2D eigenvalue weighted by molar-refractivity contribution is 6.44. The summed E-state index contributed by atoms with van der Waals surface area (Å²) in [5.74, 6) is -2.69. The van der Waals surface area contributed by atoms with E-state index in [4.69, 9.17) is 9.47 Å². The minimum absolute atomic E-state index is 0.0496. The van der Waals surface area contributed by atoms with Crippen molar-refractivity contribution in [2.24, 2.45) is 10.9 Å². The molecule has 0 bridgehead atoms. The molecule has 2 aromatic carbocycles. The number of benzene rings is 2. The lowest BCUT2D eigenvalue weighted by molar-refractivity contribution is -0.143.